The molecule has 0 bridgehead atoms. The first-order valence-electron chi connectivity index (χ1n) is 11.6. The van der Waals surface area contributed by atoms with Crippen molar-refractivity contribution in [2.24, 2.45) is 34.5 Å². The Morgan fingerprint density at radius 2 is 1.87 bits per heavy atom. The van der Waals surface area contributed by atoms with Crippen molar-refractivity contribution in [2.45, 2.75) is 65.0 Å². The van der Waals surface area contributed by atoms with Crippen LogP contribution in [0.4, 0.5) is 0 Å². The van der Waals surface area contributed by atoms with Gasteiger partial charge in [-0.15, -0.1) is 0 Å². The number of benzene rings is 1. The maximum atomic E-state index is 12.3. The first kappa shape index (κ1) is 20.4. The van der Waals surface area contributed by atoms with Crippen LogP contribution in [0.25, 0.3) is 0 Å². The Morgan fingerprint density at radius 1 is 1.13 bits per heavy atom. The van der Waals surface area contributed by atoms with Gasteiger partial charge in [0.05, 0.1) is 6.10 Å². The lowest BCUT2D eigenvalue weighted by atomic mass is 9.46. The molecule has 0 saturated heterocycles. The Labute approximate surface area is 185 Å². The van der Waals surface area contributed by atoms with Gasteiger partial charge in [0.2, 0.25) is 5.91 Å². The Morgan fingerprint density at radius 3 is 2.60 bits per heavy atom. The number of carbonyl (C=O) groups excluding carboxylic acids is 1. The summed E-state index contributed by atoms with van der Waals surface area (Å²) in [5.41, 5.74) is 0.451. The zero-order valence-corrected chi connectivity index (χ0v) is 19.4. The highest BCUT2D eigenvalue weighted by atomic mass is 35.5. The average Bonchev–Trinajstić information content (AvgIpc) is 3.04. The summed E-state index contributed by atoms with van der Waals surface area (Å²) < 4.78 is 6.44. The highest BCUT2D eigenvalue weighted by molar-refractivity contribution is 6.30. The first-order chi connectivity index (χ1) is 14.2. The predicted molar refractivity (Wildman–Crippen MR) is 120 cm³/mol. The van der Waals surface area contributed by atoms with E-state index in [1.807, 2.05) is 42.3 Å². The lowest BCUT2D eigenvalue weighted by molar-refractivity contribution is -0.143. The summed E-state index contributed by atoms with van der Waals surface area (Å²) in [6.07, 6.45) is 10.3. The maximum absolute atomic E-state index is 12.3. The van der Waals surface area contributed by atoms with Crippen molar-refractivity contribution in [1.29, 1.82) is 0 Å². The van der Waals surface area contributed by atoms with Gasteiger partial charge in [-0.1, -0.05) is 38.4 Å². The maximum Gasteiger partial charge on any atom is 0.246 e. The number of halogens is 1. The molecule has 3 aliphatic carbocycles. The molecule has 30 heavy (non-hydrogen) atoms. The van der Waals surface area contributed by atoms with Crippen LogP contribution in [0.5, 0.6) is 5.75 Å². The molecule has 3 nitrogen and oxygen atoms in total. The minimum absolute atomic E-state index is 0.0935. The number of nitrogens with zero attached hydrogens (tertiary/aromatic N) is 1. The van der Waals surface area contributed by atoms with E-state index in [9.17, 15) is 4.79 Å². The van der Waals surface area contributed by atoms with E-state index in [4.69, 9.17) is 16.3 Å². The third-order valence-corrected chi connectivity index (χ3v) is 9.60. The van der Waals surface area contributed by atoms with E-state index in [2.05, 4.69) is 26.8 Å². The fourth-order valence-electron chi connectivity index (χ4n) is 7.85. The molecule has 1 heterocycles. The van der Waals surface area contributed by atoms with Crippen molar-refractivity contribution < 1.29 is 9.53 Å². The van der Waals surface area contributed by atoms with Crippen LogP contribution < -0.4 is 4.74 Å². The van der Waals surface area contributed by atoms with Crippen LogP contribution in [-0.4, -0.2) is 30.0 Å². The zero-order valence-electron chi connectivity index (χ0n) is 18.6. The van der Waals surface area contributed by atoms with E-state index >= 15 is 0 Å². The zero-order chi connectivity index (χ0) is 21.3. The van der Waals surface area contributed by atoms with E-state index in [-0.39, 0.29) is 17.4 Å². The highest BCUT2D eigenvalue weighted by Gasteiger charge is 2.61. The normalized spacial score (nSPS) is 45.0. The number of likely N-dealkylation sites (N-methyl/N-ethyl adjacent to an activating group) is 1. The smallest absolute Gasteiger partial charge is 0.246 e. The molecule has 3 fully saturated rings. The molecule has 1 aromatic rings. The number of hydrogen-bond donors (Lipinski definition) is 0. The van der Waals surface area contributed by atoms with Crippen molar-refractivity contribution >= 4 is 17.5 Å². The number of rotatable bonds is 2. The summed E-state index contributed by atoms with van der Waals surface area (Å²) in [5.74, 6) is 3.77. The van der Waals surface area contributed by atoms with Crippen LogP contribution in [0.15, 0.2) is 36.4 Å². The molecule has 1 aliphatic heterocycles. The average molecular weight is 428 g/mol. The number of hydrogen-bond acceptors (Lipinski definition) is 2. The van der Waals surface area contributed by atoms with Crippen LogP contribution in [0.2, 0.25) is 5.02 Å². The summed E-state index contributed by atoms with van der Waals surface area (Å²) in [7, 11) is 2.00. The van der Waals surface area contributed by atoms with Gasteiger partial charge in [-0.3, -0.25) is 4.79 Å². The summed E-state index contributed by atoms with van der Waals surface area (Å²) in [4.78, 5) is 14.4. The molecule has 0 aromatic heterocycles. The van der Waals surface area contributed by atoms with E-state index < -0.39 is 0 Å². The summed E-state index contributed by atoms with van der Waals surface area (Å²) in [5, 5.41) is 0.750. The van der Waals surface area contributed by atoms with Crippen LogP contribution in [0, 0.1) is 34.5 Å². The summed E-state index contributed by atoms with van der Waals surface area (Å²) in [6.45, 7) is 7.36. The van der Waals surface area contributed by atoms with Gasteiger partial charge in [-0.05, 0) is 91.5 Å². The topological polar surface area (TPSA) is 29.5 Å². The number of carbonyl (C=O) groups is 1. The molecule has 1 amide bonds. The van der Waals surface area contributed by atoms with Crippen LogP contribution in [0.1, 0.15) is 52.9 Å². The molecule has 3 saturated carbocycles. The van der Waals surface area contributed by atoms with Crippen LogP contribution in [0.3, 0.4) is 0 Å². The highest BCUT2D eigenvalue weighted by Crippen LogP contribution is 2.65. The molecule has 5 rings (SSSR count). The van der Waals surface area contributed by atoms with E-state index in [0.717, 1.165) is 30.0 Å². The first-order valence-corrected chi connectivity index (χ1v) is 12.0. The Kier molecular flexibility index (Phi) is 4.78. The van der Waals surface area contributed by atoms with Crippen molar-refractivity contribution in [2.75, 3.05) is 7.05 Å². The molecule has 0 N–H and O–H groups in total. The second-order valence-electron chi connectivity index (χ2n) is 11.0. The summed E-state index contributed by atoms with van der Waals surface area (Å²) >= 11 is 6.04. The Bertz CT molecular complexity index is 866. The van der Waals surface area contributed by atoms with Gasteiger partial charge in [0.15, 0.2) is 0 Å². The monoisotopic (exact) mass is 427 g/mol. The standard InChI is InChI=1S/C26H34ClNO2/c1-16-13-22-26(3,12-10-23(29)28(22)4)20-9-11-25(2)15-19(14-21(25)24(16)20)30-18-7-5-17(27)6-8-18/h5-8,10,12,16,19-22,24H,9,11,13-15H2,1-4H3/t16?,19-,20?,21?,22?,24?,25?,26+/m0/s1. The van der Waals surface area contributed by atoms with Gasteiger partial charge in [0.1, 0.15) is 5.75 Å². The van der Waals surface area contributed by atoms with Crippen molar-refractivity contribution in [3.63, 3.8) is 0 Å². The molecule has 4 aliphatic rings. The molecule has 4 heteroatoms. The Hall–Kier alpha value is -1.48. The molecular weight excluding hydrogens is 394 g/mol. The molecule has 8 atom stereocenters. The van der Waals surface area contributed by atoms with Gasteiger partial charge < -0.3 is 9.64 Å². The SMILES string of the molecule is CC1CC2N(C)C(=O)C=C[C@]2(C)C2CCC3(C)C[C@@H](Oc4ccc(Cl)cc4)CC3C12. The van der Waals surface area contributed by atoms with Crippen molar-refractivity contribution in [3.05, 3.63) is 41.4 Å². The van der Waals surface area contributed by atoms with Crippen LogP contribution in [-0.2, 0) is 4.79 Å². The van der Waals surface area contributed by atoms with Gasteiger partial charge in [0.25, 0.3) is 0 Å². The second-order valence-corrected chi connectivity index (χ2v) is 11.4. The second kappa shape index (κ2) is 7.02. The number of amides is 1. The fraction of sp³-hybridized carbons (Fsp3) is 0.654. The predicted octanol–water partition coefficient (Wildman–Crippen LogP) is 5.97. The lowest BCUT2D eigenvalue weighted by Crippen LogP contribution is -2.61. The van der Waals surface area contributed by atoms with Crippen molar-refractivity contribution in [1.82, 2.24) is 4.90 Å². The molecule has 6 unspecified atom stereocenters. The third kappa shape index (κ3) is 3.03. The summed E-state index contributed by atoms with van der Waals surface area (Å²) in [6, 6.07) is 8.13. The minimum Gasteiger partial charge on any atom is -0.490 e. The van der Waals surface area contributed by atoms with E-state index in [1.54, 1.807) is 0 Å². The van der Waals surface area contributed by atoms with Crippen molar-refractivity contribution in [3.8, 4) is 5.75 Å². The van der Waals surface area contributed by atoms with Crippen LogP contribution >= 0.6 is 11.6 Å². The molecular formula is C26H34ClNO2. The Balaban J connectivity index is 1.41. The molecule has 1 aromatic carbocycles. The van der Waals surface area contributed by atoms with Gasteiger partial charge in [0, 0.05) is 23.5 Å². The fourth-order valence-corrected chi connectivity index (χ4v) is 7.97. The van der Waals surface area contributed by atoms with Gasteiger partial charge in [-0.25, -0.2) is 0 Å². The third-order valence-electron chi connectivity index (χ3n) is 9.35. The molecule has 0 radical (unpaired) electrons. The largest absolute Gasteiger partial charge is 0.490 e. The minimum atomic E-state index is 0.0935. The van der Waals surface area contributed by atoms with E-state index in [1.165, 1.54) is 12.8 Å². The quantitative estimate of drug-likeness (QED) is 0.581. The molecule has 0 spiro atoms. The lowest BCUT2D eigenvalue weighted by Gasteiger charge is -2.61. The van der Waals surface area contributed by atoms with Gasteiger partial charge >= 0.3 is 0 Å². The van der Waals surface area contributed by atoms with E-state index in [0.29, 0.717) is 35.1 Å². The number of fused-ring (bicyclic) bond motifs is 5. The molecule has 162 valence electrons. The number of ether oxygens (including phenoxy) is 1. The van der Waals surface area contributed by atoms with Gasteiger partial charge in [-0.2, -0.15) is 0 Å².